The van der Waals surface area contributed by atoms with Gasteiger partial charge in [-0.1, -0.05) is 16.8 Å². The molecule has 2 saturated heterocycles. The predicted molar refractivity (Wildman–Crippen MR) is 140 cm³/mol. The van der Waals surface area contributed by atoms with Crippen molar-refractivity contribution in [1.29, 1.82) is 0 Å². The summed E-state index contributed by atoms with van der Waals surface area (Å²) < 4.78 is 7.54. The lowest BCUT2D eigenvalue weighted by atomic mass is 10.00. The van der Waals surface area contributed by atoms with Crippen molar-refractivity contribution in [3.8, 4) is 10.6 Å². The molecule has 0 saturated carbocycles. The molecule has 0 atom stereocenters. The highest BCUT2D eigenvalue weighted by Gasteiger charge is 2.37. The summed E-state index contributed by atoms with van der Waals surface area (Å²) in [6, 6.07) is 7.31. The molecule has 11 nitrogen and oxygen atoms in total. The van der Waals surface area contributed by atoms with Crippen molar-refractivity contribution in [2.75, 3.05) is 26.2 Å². The minimum absolute atomic E-state index is 0.0222. The number of hydrogen-bond donors (Lipinski definition) is 2. The van der Waals surface area contributed by atoms with Crippen molar-refractivity contribution in [3.05, 3.63) is 45.7 Å². The molecule has 3 aromatic rings. The second-order valence-electron chi connectivity index (χ2n) is 9.98. The average Bonchev–Trinajstić information content (AvgIpc) is 3.58. The number of carboxylic acid groups (broad SMARTS) is 1. The van der Waals surface area contributed by atoms with Gasteiger partial charge in [-0.15, -0.1) is 11.3 Å². The van der Waals surface area contributed by atoms with E-state index in [9.17, 15) is 14.4 Å². The van der Waals surface area contributed by atoms with Crippen LogP contribution in [-0.2, 0) is 11.3 Å². The number of aliphatic carboxylic acids is 1. The molecule has 0 aromatic carbocycles. The quantitative estimate of drug-likeness (QED) is 0.429. The molecular weight excluding hydrogens is 532 g/mol. The molecule has 5 heterocycles. The van der Waals surface area contributed by atoms with Gasteiger partial charge in [-0.3, -0.25) is 19.1 Å². The van der Waals surface area contributed by atoms with Crippen LogP contribution in [0.1, 0.15) is 53.4 Å². The van der Waals surface area contributed by atoms with Gasteiger partial charge in [0.25, 0.3) is 11.8 Å². The SMILES string of the molecule is CC(C)N1CCC(NC(=O)c2cc(C(=O)N3CC(C(=O)O)C3)nn2Cc2cc(-c3ccc(Cl)s3)on2)CC1. The van der Waals surface area contributed by atoms with E-state index in [1.165, 1.54) is 27.0 Å². The number of rotatable bonds is 8. The number of aromatic nitrogens is 3. The summed E-state index contributed by atoms with van der Waals surface area (Å²) in [6.45, 7) is 6.48. The van der Waals surface area contributed by atoms with Crippen molar-refractivity contribution >= 4 is 40.7 Å². The van der Waals surface area contributed by atoms with Gasteiger partial charge in [0.1, 0.15) is 11.4 Å². The fraction of sp³-hybridized carbons (Fsp3) is 0.480. The third kappa shape index (κ3) is 5.62. The fourth-order valence-corrected chi connectivity index (χ4v) is 5.70. The predicted octanol–water partition coefficient (Wildman–Crippen LogP) is 3.06. The number of piperidine rings is 1. The second kappa shape index (κ2) is 10.9. The first-order valence-corrected chi connectivity index (χ1v) is 13.7. The van der Waals surface area contributed by atoms with Crippen LogP contribution >= 0.6 is 22.9 Å². The molecule has 2 fully saturated rings. The molecule has 0 unspecified atom stereocenters. The van der Waals surface area contributed by atoms with Crippen molar-refractivity contribution in [1.82, 2.24) is 30.1 Å². The zero-order valence-corrected chi connectivity index (χ0v) is 22.7. The minimum Gasteiger partial charge on any atom is -0.481 e. The van der Waals surface area contributed by atoms with Crippen LogP contribution in [-0.4, -0.2) is 85.9 Å². The largest absolute Gasteiger partial charge is 0.481 e. The van der Waals surface area contributed by atoms with E-state index in [-0.39, 0.29) is 43.0 Å². The van der Waals surface area contributed by atoms with Gasteiger partial charge in [-0.05, 0) is 38.8 Å². The molecule has 5 rings (SSSR count). The first-order valence-electron chi connectivity index (χ1n) is 12.5. The van der Waals surface area contributed by atoms with E-state index < -0.39 is 17.8 Å². The summed E-state index contributed by atoms with van der Waals surface area (Å²) in [6.07, 6.45) is 1.68. The number of hydrogen-bond acceptors (Lipinski definition) is 8. The van der Waals surface area contributed by atoms with Crippen molar-refractivity contribution in [3.63, 3.8) is 0 Å². The fourth-order valence-electron chi connectivity index (χ4n) is 4.71. The van der Waals surface area contributed by atoms with Crippen LogP contribution in [0.3, 0.4) is 0 Å². The second-order valence-corrected chi connectivity index (χ2v) is 11.7. The van der Waals surface area contributed by atoms with Gasteiger partial charge in [0.05, 0.1) is 21.7 Å². The number of thiophene rings is 1. The summed E-state index contributed by atoms with van der Waals surface area (Å²) in [4.78, 5) is 42.1. The number of amides is 2. The van der Waals surface area contributed by atoms with Crippen molar-refractivity contribution in [2.45, 2.75) is 45.3 Å². The van der Waals surface area contributed by atoms with E-state index in [0.29, 0.717) is 21.8 Å². The van der Waals surface area contributed by atoms with E-state index >= 15 is 0 Å². The van der Waals surface area contributed by atoms with Crippen molar-refractivity contribution < 1.29 is 24.0 Å². The molecule has 0 radical (unpaired) electrons. The minimum atomic E-state index is -0.933. The molecule has 2 aliphatic rings. The Labute approximate surface area is 228 Å². The van der Waals surface area contributed by atoms with Crippen LogP contribution < -0.4 is 5.32 Å². The van der Waals surface area contributed by atoms with Crippen molar-refractivity contribution in [2.24, 2.45) is 5.92 Å². The lowest BCUT2D eigenvalue weighted by molar-refractivity contribution is -0.146. The first-order chi connectivity index (χ1) is 18.2. The molecule has 38 heavy (non-hydrogen) atoms. The number of nitrogens with one attached hydrogen (secondary N) is 1. The van der Waals surface area contributed by atoms with Crippen LogP contribution in [0.2, 0.25) is 4.34 Å². The number of carbonyl (C=O) groups is 3. The van der Waals surface area contributed by atoms with Gasteiger partial charge in [-0.25, -0.2) is 0 Å². The molecule has 2 aliphatic heterocycles. The van der Waals surface area contributed by atoms with Gasteiger partial charge < -0.3 is 24.7 Å². The lowest BCUT2D eigenvalue weighted by Gasteiger charge is -2.36. The van der Waals surface area contributed by atoms with Crippen LogP contribution in [0, 0.1) is 5.92 Å². The molecule has 13 heteroatoms. The number of halogens is 1. The Balaban J connectivity index is 1.34. The smallest absolute Gasteiger partial charge is 0.310 e. The summed E-state index contributed by atoms with van der Waals surface area (Å²) in [5.41, 5.74) is 0.849. The van der Waals surface area contributed by atoms with Crippen LogP contribution in [0.4, 0.5) is 0 Å². The highest BCUT2D eigenvalue weighted by molar-refractivity contribution is 7.19. The topological polar surface area (TPSA) is 134 Å². The summed E-state index contributed by atoms with van der Waals surface area (Å²) in [7, 11) is 0. The van der Waals surface area contributed by atoms with Crippen LogP contribution in [0.25, 0.3) is 10.6 Å². The summed E-state index contributed by atoms with van der Waals surface area (Å²) >= 11 is 7.40. The first kappa shape index (κ1) is 26.4. The maximum Gasteiger partial charge on any atom is 0.310 e. The van der Waals surface area contributed by atoms with E-state index in [1.54, 1.807) is 12.1 Å². The molecular formula is C25H29ClN6O5S. The summed E-state index contributed by atoms with van der Waals surface area (Å²) in [5, 5.41) is 20.8. The van der Waals surface area contributed by atoms with Gasteiger partial charge in [0.15, 0.2) is 11.5 Å². The Morgan fingerprint density at radius 2 is 1.95 bits per heavy atom. The maximum atomic E-state index is 13.4. The van der Waals surface area contributed by atoms with Gasteiger partial charge in [-0.2, -0.15) is 5.10 Å². The highest BCUT2D eigenvalue weighted by atomic mass is 35.5. The van der Waals surface area contributed by atoms with Crippen LogP contribution in [0.5, 0.6) is 0 Å². The number of likely N-dealkylation sites (tertiary alicyclic amines) is 2. The van der Waals surface area contributed by atoms with Gasteiger partial charge >= 0.3 is 5.97 Å². The monoisotopic (exact) mass is 560 g/mol. The number of carbonyl (C=O) groups excluding carboxylic acids is 2. The summed E-state index contributed by atoms with van der Waals surface area (Å²) in [5.74, 6) is -1.70. The molecule has 0 aliphatic carbocycles. The van der Waals surface area contributed by atoms with Gasteiger partial charge in [0, 0.05) is 50.4 Å². The van der Waals surface area contributed by atoms with E-state index in [0.717, 1.165) is 30.8 Å². The zero-order chi connectivity index (χ0) is 27.0. The normalized spacial score (nSPS) is 17.1. The van der Waals surface area contributed by atoms with E-state index in [4.69, 9.17) is 21.2 Å². The van der Waals surface area contributed by atoms with Gasteiger partial charge in [0.2, 0.25) is 0 Å². The standard InChI is InChI=1S/C25H29ClN6O5S/c1-14(2)30-7-5-16(6-8-30)27-23(33)19-10-18(24(34)31-11-15(12-31)25(35)36)28-32(19)13-17-9-20(37-29-17)21-3-4-22(26)38-21/h3-4,9-10,14-16H,5-8,11-13H2,1-2H3,(H,27,33)(H,35,36). The lowest BCUT2D eigenvalue weighted by Crippen LogP contribution is -2.53. The number of nitrogens with zero attached hydrogens (tertiary/aromatic N) is 5. The molecule has 2 amide bonds. The Morgan fingerprint density at radius 3 is 2.58 bits per heavy atom. The molecule has 2 N–H and O–H groups in total. The molecule has 0 bridgehead atoms. The Kier molecular flexibility index (Phi) is 7.55. The van der Waals surface area contributed by atoms with E-state index in [2.05, 4.69) is 34.3 Å². The Bertz CT molecular complexity index is 1340. The Morgan fingerprint density at radius 1 is 1.21 bits per heavy atom. The molecule has 3 aromatic heterocycles. The molecule has 0 spiro atoms. The third-order valence-corrected chi connectivity index (χ3v) is 8.28. The maximum absolute atomic E-state index is 13.4. The number of carboxylic acids is 1. The molecule has 202 valence electrons. The van der Waals surface area contributed by atoms with E-state index in [1.807, 2.05) is 6.07 Å². The third-order valence-electron chi connectivity index (χ3n) is 7.03. The average molecular weight is 561 g/mol. The zero-order valence-electron chi connectivity index (χ0n) is 21.1. The van der Waals surface area contributed by atoms with Crippen LogP contribution in [0.15, 0.2) is 28.8 Å². The Hall–Kier alpha value is -3.22. The highest BCUT2D eigenvalue weighted by Crippen LogP contribution is 2.31.